The van der Waals surface area contributed by atoms with E-state index < -0.39 is 0 Å². The first-order valence-electron chi connectivity index (χ1n) is 6.88. The third kappa shape index (κ3) is 3.64. The van der Waals surface area contributed by atoms with Gasteiger partial charge in [0.2, 0.25) is 5.95 Å². The lowest BCUT2D eigenvalue weighted by atomic mass is 10.1. The lowest BCUT2D eigenvalue weighted by molar-refractivity contribution is 0.102. The molecule has 0 spiro atoms. The summed E-state index contributed by atoms with van der Waals surface area (Å²) in [5.74, 6) is 0.0308. The number of nitrogens with two attached hydrogens (primary N) is 1. The molecule has 114 valence electrons. The van der Waals surface area contributed by atoms with Gasteiger partial charge in [0.05, 0.1) is 5.69 Å². The highest BCUT2D eigenvalue weighted by atomic mass is 35.5. The van der Waals surface area contributed by atoms with Crippen LogP contribution < -0.4 is 11.1 Å². The predicted octanol–water partition coefficient (Wildman–Crippen LogP) is 3.63. The van der Waals surface area contributed by atoms with E-state index in [0.717, 1.165) is 11.3 Å². The van der Waals surface area contributed by atoms with Gasteiger partial charge in [0, 0.05) is 28.0 Å². The van der Waals surface area contributed by atoms with Gasteiger partial charge in [0.1, 0.15) is 0 Å². The van der Waals surface area contributed by atoms with Gasteiger partial charge in [-0.3, -0.25) is 4.79 Å². The van der Waals surface area contributed by atoms with Gasteiger partial charge in [-0.05, 0) is 42.5 Å². The Morgan fingerprint density at radius 1 is 1.00 bits per heavy atom. The fourth-order valence-electron chi connectivity index (χ4n) is 2.06. The number of carbonyl (C=O) groups excluding carboxylic acids is 1. The largest absolute Gasteiger partial charge is 0.368 e. The highest BCUT2D eigenvalue weighted by Gasteiger charge is 2.06. The summed E-state index contributed by atoms with van der Waals surface area (Å²) >= 11 is 5.81. The maximum atomic E-state index is 12.1. The maximum absolute atomic E-state index is 12.1. The smallest absolute Gasteiger partial charge is 0.255 e. The molecular weight excluding hydrogens is 312 g/mol. The van der Waals surface area contributed by atoms with Crippen LogP contribution in [-0.4, -0.2) is 15.9 Å². The summed E-state index contributed by atoms with van der Waals surface area (Å²) in [5, 5.41) is 3.42. The van der Waals surface area contributed by atoms with Crippen LogP contribution in [0.4, 0.5) is 11.6 Å². The van der Waals surface area contributed by atoms with Gasteiger partial charge in [-0.2, -0.15) is 0 Å². The number of nitrogens with zero attached hydrogens (tertiary/aromatic N) is 2. The monoisotopic (exact) mass is 324 g/mol. The Labute approximate surface area is 138 Å². The SMILES string of the molecule is Nc1nccc(-c2ccc(NC(=O)c3ccc(Cl)cc3)cc2)n1. The van der Waals surface area contributed by atoms with Crippen molar-refractivity contribution in [3.8, 4) is 11.3 Å². The first-order chi connectivity index (χ1) is 11.1. The summed E-state index contributed by atoms with van der Waals surface area (Å²) in [7, 11) is 0. The Hall–Kier alpha value is -2.92. The van der Waals surface area contributed by atoms with E-state index in [9.17, 15) is 4.79 Å². The van der Waals surface area contributed by atoms with Crippen LogP contribution >= 0.6 is 11.6 Å². The summed E-state index contributed by atoms with van der Waals surface area (Å²) in [5.41, 5.74) is 8.43. The lowest BCUT2D eigenvalue weighted by Gasteiger charge is -2.07. The number of rotatable bonds is 3. The molecule has 0 bridgehead atoms. The van der Waals surface area contributed by atoms with Gasteiger partial charge in [0.25, 0.3) is 5.91 Å². The van der Waals surface area contributed by atoms with Crippen LogP contribution in [0.2, 0.25) is 5.02 Å². The van der Waals surface area contributed by atoms with Crippen molar-refractivity contribution in [1.82, 2.24) is 9.97 Å². The number of benzene rings is 2. The maximum Gasteiger partial charge on any atom is 0.255 e. The Balaban J connectivity index is 1.75. The summed E-state index contributed by atoms with van der Waals surface area (Å²) in [6, 6.07) is 15.8. The van der Waals surface area contributed by atoms with E-state index in [-0.39, 0.29) is 11.9 Å². The second kappa shape index (κ2) is 6.46. The van der Waals surface area contributed by atoms with E-state index in [1.165, 1.54) is 0 Å². The third-order valence-corrected chi connectivity index (χ3v) is 3.47. The number of carbonyl (C=O) groups is 1. The molecule has 0 saturated heterocycles. The molecular formula is C17H13ClN4O. The van der Waals surface area contributed by atoms with Crippen LogP contribution in [-0.2, 0) is 0 Å². The minimum absolute atomic E-state index is 0.194. The topological polar surface area (TPSA) is 80.9 Å². The molecule has 0 saturated carbocycles. The molecule has 1 amide bonds. The summed E-state index contributed by atoms with van der Waals surface area (Å²) < 4.78 is 0. The lowest BCUT2D eigenvalue weighted by Crippen LogP contribution is -2.11. The van der Waals surface area contributed by atoms with E-state index in [1.54, 1.807) is 48.7 Å². The van der Waals surface area contributed by atoms with Crippen molar-refractivity contribution < 1.29 is 4.79 Å². The minimum atomic E-state index is -0.194. The van der Waals surface area contributed by atoms with Crippen molar-refractivity contribution in [3.63, 3.8) is 0 Å². The van der Waals surface area contributed by atoms with Crippen LogP contribution in [0.1, 0.15) is 10.4 Å². The number of hydrogen-bond acceptors (Lipinski definition) is 4. The van der Waals surface area contributed by atoms with Crippen LogP contribution in [0.15, 0.2) is 60.8 Å². The number of nitrogens with one attached hydrogen (secondary N) is 1. The van der Waals surface area contributed by atoms with Crippen LogP contribution in [0.3, 0.4) is 0 Å². The number of nitrogen functional groups attached to an aromatic ring is 1. The van der Waals surface area contributed by atoms with Crippen molar-refractivity contribution in [2.75, 3.05) is 11.1 Å². The van der Waals surface area contributed by atoms with Gasteiger partial charge in [-0.25, -0.2) is 9.97 Å². The average molecular weight is 325 g/mol. The molecule has 3 rings (SSSR count). The average Bonchev–Trinajstić information content (AvgIpc) is 2.56. The van der Waals surface area contributed by atoms with E-state index in [4.69, 9.17) is 17.3 Å². The quantitative estimate of drug-likeness (QED) is 0.770. The fourth-order valence-corrected chi connectivity index (χ4v) is 2.19. The van der Waals surface area contributed by atoms with Crippen LogP contribution in [0.25, 0.3) is 11.3 Å². The molecule has 6 heteroatoms. The zero-order valence-electron chi connectivity index (χ0n) is 12.0. The van der Waals surface area contributed by atoms with Crippen LogP contribution in [0, 0.1) is 0 Å². The molecule has 1 heterocycles. The van der Waals surface area contributed by atoms with E-state index in [1.807, 2.05) is 12.1 Å². The zero-order chi connectivity index (χ0) is 16.2. The molecule has 0 aliphatic rings. The van der Waals surface area contributed by atoms with Crippen molar-refractivity contribution in [2.45, 2.75) is 0 Å². The van der Waals surface area contributed by atoms with E-state index >= 15 is 0 Å². The molecule has 1 aromatic heterocycles. The van der Waals surface area contributed by atoms with Crippen molar-refractivity contribution in [3.05, 3.63) is 71.4 Å². The van der Waals surface area contributed by atoms with Gasteiger partial charge in [-0.1, -0.05) is 23.7 Å². The first-order valence-corrected chi connectivity index (χ1v) is 7.25. The highest BCUT2D eigenvalue weighted by Crippen LogP contribution is 2.20. The summed E-state index contributed by atoms with van der Waals surface area (Å²) in [6.45, 7) is 0. The van der Waals surface area contributed by atoms with Crippen LogP contribution in [0.5, 0.6) is 0 Å². The molecule has 23 heavy (non-hydrogen) atoms. The number of halogens is 1. The Morgan fingerprint density at radius 3 is 2.35 bits per heavy atom. The van der Waals surface area contributed by atoms with Gasteiger partial charge in [-0.15, -0.1) is 0 Å². The molecule has 0 aliphatic heterocycles. The van der Waals surface area contributed by atoms with Gasteiger partial charge >= 0.3 is 0 Å². The molecule has 3 aromatic rings. The predicted molar refractivity (Wildman–Crippen MR) is 91.3 cm³/mol. The Morgan fingerprint density at radius 2 is 1.70 bits per heavy atom. The normalized spacial score (nSPS) is 10.3. The number of amides is 1. The molecule has 2 aromatic carbocycles. The third-order valence-electron chi connectivity index (χ3n) is 3.22. The molecule has 0 fully saturated rings. The molecule has 0 atom stereocenters. The second-order valence-electron chi connectivity index (χ2n) is 4.84. The molecule has 3 N–H and O–H groups in total. The van der Waals surface area contributed by atoms with E-state index in [2.05, 4.69) is 15.3 Å². The van der Waals surface area contributed by atoms with Gasteiger partial charge in [0.15, 0.2) is 0 Å². The molecule has 0 radical (unpaired) electrons. The summed E-state index contributed by atoms with van der Waals surface area (Å²) in [4.78, 5) is 20.2. The second-order valence-corrected chi connectivity index (χ2v) is 5.27. The Kier molecular flexibility index (Phi) is 4.21. The minimum Gasteiger partial charge on any atom is -0.368 e. The fraction of sp³-hybridized carbons (Fsp3) is 0. The molecule has 0 unspecified atom stereocenters. The van der Waals surface area contributed by atoms with Crippen molar-refractivity contribution in [1.29, 1.82) is 0 Å². The highest BCUT2D eigenvalue weighted by molar-refractivity contribution is 6.30. The zero-order valence-corrected chi connectivity index (χ0v) is 12.8. The van der Waals surface area contributed by atoms with Crippen molar-refractivity contribution in [2.24, 2.45) is 0 Å². The molecule has 0 aliphatic carbocycles. The molecule has 5 nitrogen and oxygen atoms in total. The van der Waals surface area contributed by atoms with E-state index in [0.29, 0.717) is 16.3 Å². The number of anilines is 2. The standard InChI is InChI=1S/C17H13ClN4O/c18-13-5-1-12(2-6-13)16(23)21-14-7-3-11(4-8-14)15-9-10-20-17(19)22-15/h1-10H,(H,21,23)(H2,19,20,22). The van der Waals surface area contributed by atoms with Crippen molar-refractivity contribution >= 4 is 29.1 Å². The number of aromatic nitrogens is 2. The number of hydrogen-bond donors (Lipinski definition) is 2. The summed E-state index contributed by atoms with van der Waals surface area (Å²) in [6.07, 6.45) is 1.61. The van der Waals surface area contributed by atoms with Gasteiger partial charge < -0.3 is 11.1 Å². The Bertz CT molecular complexity index is 832. The first kappa shape index (κ1) is 15.0.